The van der Waals surface area contributed by atoms with Crippen molar-refractivity contribution in [2.45, 2.75) is 120 Å². The summed E-state index contributed by atoms with van der Waals surface area (Å²) >= 11 is 0. The number of allylic oxidation sites excluding steroid dienone is 4. The van der Waals surface area contributed by atoms with E-state index in [1.165, 1.54) is 133 Å². The van der Waals surface area contributed by atoms with E-state index >= 15 is 0 Å². The number of aliphatic hydroxyl groups is 1. The van der Waals surface area contributed by atoms with Gasteiger partial charge in [0.25, 0.3) is 0 Å². The van der Waals surface area contributed by atoms with Crippen LogP contribution >= 0.6 is 0 Å². The Hall–Kier alpha value is -9.98. The van der Waals surface area contributed by atoms with Crippen molar-refractivity contribution in [2.75, 3.05) is 80.5 Å². The van der Waals surface area contributed by atoms with E-state index in [9.17, 15) is 5.11 Å². The van der Waals surface area contributed by atoms with Crippen LogP contribution in [0.2, 0.25) is 0 Å². The molecule has 3 aromatic carbocycles. The summed E-state index contributed by atoms with van der Waals surface area (Å²) in [4.78, 5) is 38.1. The van der Waals surface area contributed by atoms with Crippen LogP contribution in [0.1, 0.15) is 129 Å². The molecule has 16 rings (SSSR count). The maximum Gasteiger partial charge on any atom is 0.224 e. The zero-order valence-corrected chi connectivity index (χ0v) is 63.6. The van der Waals surface area contributed by atoms with E-state index < -0.39 is 0 Å². The van der Waals surface area contributed by atoms with Gasteiger partial charge in [-0.15, -0.1) is 0 Å². The van der Waals surface area contributed by atoms with Gasteiger partial charge in [0, 0.05) is 217 Å². The van der Waals surface area contributed by atoms with Gasteiger partial charge in [-0.1, -0.05) is 47.0 Å². The molecular weight excluding hydrogens is 1290 g/mol. The van der Waals surface area contributed by atoms with E-state index in [2.05, 4.69) is 250 Å². The van der Waals surface area contributed by atoms with Gasteiger partial charge in [-0.2, -0.15) is 0 Å². The molecular formula is C87H101N15O2. The van der Waals surface area contributed by atoms with Gasteiger partial charge in [0.05, 0.1) is 41.2 Å². The first-order valence-electron chi connectivity index (χ1n) is 36.4. The molecule has 4 aliphatic heterocycles. The Morgan fingerprint density at radius 1 is 0.423 bits per heavy atom. The molecule has 1 N–H and O–H groups in total. The molecule has 0 spiro atoms. The molecule has 12 aromatic rings. The second-order valence-corrected chi connectivity index (χ2v) is 29.4. The SMILES string of the molecule is C/C(=C\n1c2c(c3cc(C)ccc31)CN(C)CC2)c1ccc(CO)nc1.C/C(=C\n1c2c(c3cc(C)ccc31)CN(C)CC2)c1cnc(N(C)C)nc1.C/C(=C\n1c2c(c3cc(C)cnc31)CN(C)CC2)c1ccncc1.COCc1ccc(/C(C)=C/n2c3c(c4cc(C)ccc42)CN(C)CC3)cn1. The summed E-state index contributed by atoms with van der Waals surface area (Å²) in [5.74, 6) is 0.730. The summed E-state index contributed by atoms with van der Waals surface area (Å²) in [5.41, 5.74) is 32.5. The molecule has 9 aromatic heterocycles. The lowest BCUT2D eigenvalue weighted by molar-refractivity contribution is 0.181. The first-order valence-corrected chi connectivity index (χ1v) is 36.4. The molecule has 0 atom stereocenters. The summed E-state index contributed by atoms with van der Waals surface area (Å²) in [5, 5.41) is 14.6. The minimum atomic E-state index is -0.0222. The number of nitrogens with zero attached hydrogens (tertiary/aromatic N) is 15. The minimum Gasteiger partial charge on any atom is -0.390 e. The van der Waals surface area contributed by atoms with Crippen LogP contribution in [0.5, 0.6) is 0 Å². The first-order chi connectivity index (χ1) is 50.2. The quantitative estimate of drug-likeness (QED) is 0.124. The highest BCUT2D eigenvalue weighted by Crippen LogP contribution is 2.38. The largest absolute Gasteiger partial charge is 0.390 e. The van der Waals surface area contributed by atoms with Crippen LogP contribution in [0.25, 0.3) is 90.8 Å². The average molecular weight is 1390 g/mol. The molecule has 0 saturated heterocycles. The average Bonchev–Trinajstić information content (AvgIpc) is 1.63. The molecule has 0 aliphatic carbocycles. The predicted molar refractivity (Wildman–Crippen MR) is 430 cm³/mol. The van der Waals surface area contributed by atoms with E-state index in [-0.39, 0.29) is 6.61 Å². The predicted octanol–water partition coefficient (Wildman–Crippen LogP) is 15.9. The third kappa shape index (κ3) is 15.6. The highest BCUT2D eigenvalue weighted by Gasteiger charge is 2.27. The summed E-state index contributed by atoms with van der Waals surface area (Å²) in [7, 11) is 14.4. The van der Waals surface area contributed by atoms with Gasteiger partial charge in [0.2, 0.25) is 5.95 Å². The van der Waals surface area contributed by atoms with Gasteiger partial charge in [0.1, 0.15) is 5.65 Å². The number of hydrogen-bond donors (Lipinski definition) is 1. The molecule has 104 heavy (non-hydrogen) atoms. The molecule has 13 heterocycles. The summed E-state index contributed by atoms with van der Waals surface area (Å²) in [6.07, 6.45) is 26.5. The molecule has 536 valence electrons. The van der Waals surface area contributed by atoms with Crippen molar-refractivity contribution in [1.29, 1.82) is 0 Å². The molecule has 0 saturated carbocycles. The molecule has 0 fully saturated rings. The number of benzene rings is 3. The third-order valence-corrected chi connectivity index (χ3v) is 20.9. The van der Waals surface area contributed by atoms with Crippen LogP contribution in [-0.2, 0) is 69.8 Å². The second kappa shape index (κ2) is 31.5. The third-order valence-electron chi connectivity index (χ3n) is 20.9. The van der Waals surface area contributed by atoms with Crippen LogP contribution in [0.4, 0.5) is 5.95 Å². The molecule has 4 aliphatic rings. The van der Waals surface area contributed by atoms with Gasteiger partial charge in [-0.05, 0) is 217 Å². The van der Waals surface area contributed by atoms with Crippen molar-refractivity contribution >= 4 is 96.8 Å². The number of ether oxygens (including phenoxy) is 1. The number of rotatable bonds is 12. The number of hydrogen-bond acceptors (Lipinski definition) is 13. The first kappa shape index (κ1) is 72.4. The molecule has 0 radical (unpaired) electrons. The summed E-state index contributed by atoms with van der Waals surface area (Å²) in [6.45, 7) is 26.1. The van der Waals surface area contributed by atoms with E-state index in [1.807, 2.05) is 80.6 Å². The number of aromatic nitrogens is 10. The second-order valence-electron chi connectivity index (χ2n) is 29.4. The van der Waals surface area contributed by atoms with Crippen molar-refractivity contribution in [3.05, 3.63) is 241 Å². The zero-order chi connectivity index (χ0) is 73.0. The smallest absolute Gasteiger partial charge is 0.224 e. The Bertz CT molecular complexity index is 5220. The molecule has 0 unspecified atom stereocenters. The molecule has 17 heteroatoms. The van der Waals surface area contributed by atoms with Gasteiger partial charge >= 0.3 is 0 Å². The van der Waals surface area contributed by atoms with Crippen LogP contribution in [0, 0.1) is 27.7 Å². The standard InChI is InChI=1S/C23H27N3O.C22H27N5.C22H25N3O.C20H22N4/c1-16-5-8-22-20(11-16)21-14-25(3)10-9-23(21)26(22)13-17(2)18-6-7-19(15-27-4)24-12-18;1-15-6-7-20-18(10-15)19-14-26(5)9-8-21(19)27(20)13-16(2)17-11-23-22(24-12-17)25(3)4;1-15-4-7-21-19(10-15)20-13-24(3)9-8-22(20)25(21)12-16(2)17-5-6-18(14-26)23-11-17;1-14-10-17-18-13-23(3)9-6-19(18)24(20(17)22-11-14)12-15(2)16-4-7-21-8-5-16/h5-8,11-13H,9-10,14-15H2,1-4H3;6-7,10-13H,8-9,14H2,1-5H3;4-7,10-12,26H,8-9,13-14H2,1-3H3;4-5,7-8,10-12H,6,9,13H2,1-3H3/b17-13+;16-13+;16-12+;15-12+. The van der Waals surface area contributed by atoms with Gasteiger partial charge < -0.3 is 52.6 Å². The maximum absolute atomic E-state index is 9.18. The van der Waals surface area contributed by atoms with Crippen LogP contribution in [0.3, 0.4) is 0 Å². The van der Waals surface area contributed by atoms with Crippen molar-refractivity contribution < 1.29 is 9.84 Å². The highest BCUT2D eigenvalue weighted by atomic mass is 16.5. The van der Waals surface area contributed by atoms with Gasteiger partial charge in [-0.25, -0.2) is 15.0 Å². The van der Waals surface area contributed by atoms with Crippen LogP contribution < -0.4 is 4.90 Å². The lowest BCUT2D eigenvalue weighted by Gasteiger charge is -2.23. The maximum atomic E-state index is 9.18. The number of fused-ring (bicyclic) bond motifs is 12. The molecule has 0 bridgehead atoms. The Labute approximate surface area is 613 Å². The Balaban J connectivity index is 0.000000123. The van der Waals surface area contributed by atoms with Crippen molar-refractivity contribution in [2.24, 2.45) is 0 Å². The van der Waals surface area contributed by atoms with Gasteiger partial charge in [-0.3, -0.25) is 15.0 Å². The fourth-order valence-electron chi connectivity index (χ4n) is 15.1. The molecule has 0 amide bonds. The zero-order valence-electron chi connectivity index (χ0n) is 63.6. The van der Waals surface area contributed by atoms with Crippen molar-refractivity contribution in [3.8, 4) is 0 Å². The number of anilines is 1. The van der Waals surface area contributed by atoms with Crippen LogP contribution in [-0.4, -0.2) is 148 Å². The minimum absolute atomic E-state index is 0.0222. The lowest BCUT2D eigenvalue weighted by atomic mass is 10.0. The molecule has 17 nitrogen and oxygen atoms in total. The summed E-state index contributed by atoms with van der Waals surface area (Å²) < 4.78 is 14.6. The number of aryl methyl sites for hydroxylation is 4. The number of methoxy groups -OCH3 is 1. The van der Waals surface area contributed by atoms with E-state index in [0.717, 1.165) is 112 Å². The van der Waals surface area contributed by atoms with Crippen LogP contribution in [0.15, 0.2) is 140 Å². The number of pyridine rings is 4. The van der Waals surface area contributed by atoms with E-state index in [4.69, 9.17) is 9.72 Å². The van der Waals surface area contributed by atoms with E-state index in [0.29, 0.717) is 12.3 Å². The fourth-order valence-corrected chi connectivity index (χ4v) is 15.1. The Morgan fingerprint density at radius 2 is 0.798 bits per heavy atom. The summed E-state index contributed by atoms with van der Waals surface area (Å²) in [6, 6.07) is 34.7. The monoisotopic (exact) mass is 1390 g/mol. The Kier molecular flexibility index (Phi) is 22.0. The van der Waals surface area contributed by atoms with Crippen molar-refractivity contribution in [1.82, 2.24) is 67.8 Å². The lowest BCUT2D eigenvalue weighted by Crippen LogP contribution is -2.26. The Morgan fingerprint density at radius 3 is 1.20 bits per heavy atom. The number of aliphatic hydroxyl groups excluding tert-OH is 1. The number of likely N-dealkylation sites (N-methyl/N-ethyl adjacent to an activating group) is 4. The van der Waals surface area contributed by atoms with Crippen molar-refractivity contribution in [3.63, 3.8) is 0 Å². The van der Waals surface area contributed by atoms with Gasteiger partial charge in [0.15, 0.2) is 0 Å². The topological polar surface area (TPSA) is 143 Å². The fraction of sp³-hybridized carbons (Fsp3) is 0.333. The van der Waals surface area contributed by atoms with E-state index in [1.54, 1.807) is 7.11 Å². The highest BCUT2D eigenvalue weighted by molar-refractivity contribution is 5.94. The normalized spacial score (nSPS) is 15.4.